The van der Waals surface area contributed by atoms with E-state index < -0.39 is 0 Å². The Morgan fingerprint density at radius 1 is 1.13 bits per heavy atom. The largest absolute Gasteiger partial charge is 0.488 e. The summed E-state index contributed by atoms with van der Waals surface area (Å²) in [6.07, 6.45) is 2.07. The summed E-state index contributed by atoms with van der Waals surface area (Å²) in [5.74, 6) is 1.30. The van der Waals surface area contributed by atoms with Crippen LogP contribution in [0.25, 0.3) is 16.9 Å². The van der Waals surface area contributed by atoms with Gasteiger partial charge in [-0.05, 0) is 61.0 Å². The number of nitrogens with zero attached hydrogens (tertiary/aromatic N) is 3. The molecular formula is C23H22FN5O. The molecule has 2 aromatic heterocycles. The highest BCUT2D eigenvalue weighted by Crippen LogP contribution is 2.25. The van der Waals surface area contributed by atoms with Gasteiger partial charge in [-0.1, -0.05) is 12.1 Å². The summed E-state index contributed by atoms with van der Waals surface area (Å²) in [5, 5.41) is 11.2. The van der Waals surface area contributed by atoms with Gasteiger partial charge in [-0.2, -0.15) is 0 Å². The first-order valence-corrected chi connectivity index (χ1v) is 10.0. The van der Waals surface area contributed by atoms with Gasteiger partial charge in [0.2, 0.25) is 0 Å². The summed E-state index contributed by atoms with van der Waals surface area (Å²) >= 11 is 0. The van der Waals surface area contributed by atoms with Gasteiger partial charge in [0.25, 0.3) is 0 Å². The van der Waals surface area contributed by atoms with Crippen LogP contribution in [-0.4, -0.2) is 33.8 Å². The van der Waals surface area contributed by atoms with Gasteiger partial charge in [0.05, 0.1) is 17.9 Å². The minimum Gasteiger partial charge on any atom is -0.488 e. The van der Waals surface area contributed by atoms with Crippen LogP contribution in [0.3, 0.4) is 0 Å². The van der Waals surface area contributed by atoms with E-state index in [2.05, 4.69) is 15.6 Å². The van der Waals surface area contributed by atoms with Gasteiger partial charge in [0.15, 0.2) is 5.65 Å². The fourth-order valence-corrected chi connectivity index (χ4v) is 3.47. The molecule has 4 aromatic rings. The van der Waals surface area contributed by atoms with Gasteiger partial charge in [0.1, 0.15) is 23.5 Å². The molecule has 2 N–H and O–H groups in total. The van der Waals surface area contributed by atoms with Gasteiger partial charge in [-0.15, -0.1) is 5.10 Å². The summed E-state index contributed by atoms with van der Waals surface area (Å²) in [4.78, 5) is 4.46. The Kier molecular flexibility index (Phi) is 4.80. The Morgan fingerprint density at radius 3 is 2.70 bits per heavy atom. The molecule has 0 saturated carbocycles. The number of imidazole rings is 1. The summed E-state index contributed by atoms with van der Waals surface area (Å²) in [7, 11) is 0. The molecule has 0 spiro atoms. The number of rotatable bonds is 6. The van der Waals surface area contributed by atoms with Crippen LogP contribution in [0.15, 0.2) is 66.9 Å². The van der Waals surface area contributed by atoms with Crippen molar-refractivity contribution < 1.29 is 9.13 Å². The van der Waals surface area contributed by atoms with Crippen LogP contribution >= 0.6 is 0 Å². The molecule has 0 amide bonds. The Morgan fingerprint density at radius 2 is 1.97 bits per heavy atom. The Labute approximate surface area is 173 Å². The van der Waals surface area contributed by atoms with Gasteiger partial charge in [-0.25, -0.2) is 13.9 Å². The average molecular weight is 403 g/mol. The normalized spacial score (nSPS) is 15.0. The van der Waals surface area contributed by atoms with Gasteiger partial charge in [-0.3, -0.25) is 0 Å². The van der Waals surface area contributed by atoms with Crippen molar-refractivity contribution in [1.29, 1.82) is 0 Å². The van der Waals surface area contributed by atoms with E-state index >= 15 is 0 Å². The lowest BCUT2D eigenvalue weighted by molar-refractivity contribution is 0.142. The lowest BCUT2D eigenvalue weighted by atomic mass is 10.1. The molecule has 7 heteroatoms. The zero-order chi connectivity index (χ0) is 20.5. The van der Waals surface area contributed by atoms with Crippen LogP contribution in [0.5, 0.6) is 5.75 Å². The molecule has 1 atom stereocenters. The number of fused-ring (bicyclic) bond motifs is 1. The van der Waals surface area contributed by atoms with Gasteiger partial charge >= 0.3 is 0 Å². The van der Waals surface area contributed by atoms with Crippen LogP contribution < -0.4 is 15.4 Å². The van der Waals surface area contributed by atoms with Crippen LogP contribution in [-0.2, 0) is 0 Å². The van der Waals surface area contributed by atoms with Crippen molar-refractivity contribution in [1.82, 2.24) is 19.9 Å². The van der Waals surface area contributed by atoms with E-state index in [-0.39, 0.29) is 18.0 Å². The second kappa shape index (κ2) is 7.76. The van der Waals surface area contributed by atoms with Crippen molar-refractivity contribution in [2.45, 2.75) is 19.1 Å². The molecule has 1 aliphatic rings. The number of benzene rings is 2. The molecule has 1 saturated heterocycles. The quantitative estimate of drug-likeness (QED) is 0.508. The number of ether oxygens (including phenoxy) is 1. The van der Waals surface area contributed by atoms with E-state index in [1.807, 2.05) is 60.1 Å². The lowest BCUT2D eigenvalue weighted by Gasteiger charge is -2.27. The molecular weight excluding hydrogens is 381 g/mol. The van der Waals surface area contributed by atoms with E-state index in [1.54, 1.807) is 6.07 Å². The summed E-state index contributed by atoms with van der Waals surface area (Å²) < 4.78 is 21.2. The zero-order valence-electron chi connectivity index (χ0n) is 16.5. The number of halogens is 1. The second-order valence-corrected chi connectivity index (χ2v) is 7.48. The number of anilines is 1. The van der Waals surface area contributed by atoms with Crippen molar-refractivity contribution in [2.75, 3.05) is 18.4 Å². The number of nitrogens with one attached hydrogen (secondary N) is 2. The molecule has 0 unspecified atom stereocenters. The molecule has 3 heterocycles. The van der Waals surface area contributed by atoms with E-state index in [1.165, 1.54) is 12.1 Å². The van der Waals surface area contributed by atoms with Crippen LogP contribution in [0, 0.1) is 5.82 Å². The van der Waals surface area contributed by atoms with Crippen LogP contribution in [0.1, 0.15) is 18.5 Å². The highest BCUT2D eigenvalue weighted by atomic mass is 19.1. The van der Waals surface area contributed by atoms with Crippen molar-refractivity contribution in [3.8, 4) is 17.0 Å². The summed E-state index contributed by atoms with van der Waals surface area (Å²) in [6.45, 7) is 3.76. The Balaban J connectivity index is 1.38. The molecule has 0 radical (unpaired) electrons. The fourth-order valence-electron chi connectivity index (χ4n) is 3.47. The van der Waals surface area contributed by atoms with E-state index in [0.29, 0.717) is 5.82 Å². The van der Waals surface area contributed by atoms with Crippen molar-refractivity contribution in [3.05, 3.63) is 78.2 Å². The minimum atomic E-state index is -0.248. The predicted molar refractivity (Wildman–Crippen MR) is 114 cm³/mol. The number of hydrogen-bond acceptors (Lipinski definition) is 5. The molecule has 1 fully saturated rings. The van der Waals surface area contributed by atoms with Crippen molar-refractivity contribution in [2.24, 2.45) is 0 Å². The van der Waals surface area contributed by atoms with Crippen LogP contribution in [0.4, 0.5) is 10.2 Å². The Hall–Kier alpha value is -3.45. The fraction of sp³-hybridized carbons (Fsp3) is 0.217. The molecule has 5 rings (SSSR count). The first-order chi connectivity index (χ1) is 14.7. The molecule has 30 heavy (non-hydrogen) atoms. The van der Waals surface area contributed by atoms with Crippen molar-refractivity contribution in [3.63, 3.8) is 0 Å². The average Bonchev–Trinajstić information content (AvgIpc) is 3.14. The van der Waals surface area contributed by atoms with Gasteiger partial charge in [0, 0.05) is 18.7 Å². The predicted octanol–water partition coefficient (Wildman–Crippen LogP) is 4.06. The maximum Gasteiger partial charge on any atom is 0.154 e. The monoisotopic (exact) mass is 403 g/mol. The topological polar surface area (TPSA) is 63.5 Å². The highest BCUT2D eigenvalue weighted by molar-refractivity contribution is 5.64. The third kappa shape index (κ3) is 3.71. The lowest BCUT2D eigenvalue weighted by Crippen LogP contribution is -2.50. The maximum absolute atomic E-state index is 13.5. The molecule has 6 nitrogen and oxygen atoms in total. The van der Waals surface area contributed by atoms with Gasteiger partial charge < -0.3 is 15.4 Å². The molecule has 1 aliphatic heterocycles. The summed E-state index contributed by atoms with van der Waals surface area (Å²) in [5.41, 5.74) is 3.52. The number of hydrogen-bond donors (Lipinski definition) is 2. The first-order valence-electron chi connectivity index (χ1n) is 10.0. The SMILES string of the molecule is C[C@@H](Nc1ccc2ncc(-c3ccc(OC4CNC4)cc3)n2n1)c1cccc(F)c1. The summed E-state index contributed by atoms with van der Waals surface area (Å²) in [6, 6.07) is 18.3. The molecule has 0 bridgehead atoms. The smallest absolute Gasteiger partial charge is 0.154 e. The van der Waals surface area contributed by atoms with E-state index in [0.717, 1.165) is 41.3 Å². The van der Waals surface area contributed by atoms with E-state index in [4.69, 9.17) is 9.84 Å². The standard InChI is InChI=1S/C23H22FN5O/c1-15(17-3-2-4-18(24)11-17)27-22-9-10-23-26-14-21(29(23)28-22)16-5-7-19(8-6-16)30-20-12-25-13-20/h2-11,14-15,20,25H,12-13H2,1H3,(H,27,28)/t15-/m1/s1. The molecule has 152 valence electrons. The maximum atomic E-state index is 13.5. The first kappa shape index (κ1) is 18.6. The van der Waals surface area contributed by atoms with Crippen LogP contribution in [0.2, 0.25) is 0 Å². The highest BCUT2D eigenvalue weighted by Gasteiger charge is 2.18. The van der Waals surface area contributed by atoms with E-state index in [9.17, 15) is 4.39 Å². The Bertz CT molecular complexity index is 1170. The molecule has 0 aliphatic carbocycles. The zero-order valence-corrected chi connectivity index (χ0v) is 16.5. The third-order valence-electron chi connectivity index (χ3n) is 5.27. The molecule has 2 aromatic carbocycles. The number of aromatic nitrogens is 3. The van der Waals surface area contributed by atoms with Crippen molar-refractivity contribution >= 4 is 11.5 Å². The second-order valence-electron chi connectivity index (χ2n) is 7.48. The third-order valence-corrected chi connectivity index (χ3v) is 5.27. The minimum absolute atomic E-state index is 0.0879.